The Kier molecular flexibility index (Phi) is 4.66. The van der Waals surface area contributed by atoms with E-state index in [2.05, 4.69) is 21.0 Å². The number of nitrogens with zero attached hydrogens (tertiary/aromatic N) is 2. The van der Waals surface area contributed by atoms with Crippen molar-refractivity contribution < 1.29 is 5.11 Å². The van der Waals surface area contributed by atoms with Gasteiger partial charge in [0, 0.05) is 28.7 Å². The van der Waals surface area contributed by atoms with Gasteiger partial charge in [-0.25, -0.2) is 0 Å². The van der Waals surface area contributed by atoms with E-state index < -0.39 is 6.10 Å². The minimum absolute atomic E-state index is 0.505. The molecule has 2 rings (SSSR count). The molecule has 0 saturated carbocycles. The molecule has 1 aromatic heterocycles. The Morgan fingerprint density at radius 1 is 1.47 bits per heavy atom. The van der Waals surface area contributed by atoms with E-state index in [0.717, 1.165) is 28.0 Å². The van der Waals surface area contributed by atoms with Gasteiger partial charge in [0.15, 0.2) is 0 Å². The molecule has 0 radical (unpaired) electrons. The maximum atomic E-state index is 10.4. The zero-order valence-electron chi connectivity index (χ0n) is 10.9. The first kappa shape index (κ1) is 14.6. The highest BCUT2D eigenvalue weighted by Gasteiger charge is 2.16. The first-order valence-electron chi connectivity index (χ1n) is 6.18. The van der Waals surface area contributed by atoms with Crippen LogP contribution in [-0.2, 0) is 13.0 Å². The molecule has 3 nitrogen and oxygen atoms in total. The molecule has 1 unspecified atom stereocenters. The second kappa shape index (κ2) is 6.07. The predicted octanol–water partition coefficient (Wildman–Crippen LogP) is 3.90. The third-order valence-corrected chi connectivity index (χ3v) is 4.34. The molecule has 5 heteroatoms. The highest BCUT2D eigenvalue weighted by Crippen LogP contribution is 2.31. The number of hydrogen-bond donors (Lipinski definition) is 1. The summed E-state index contributed by atoms with van der Waals surface area (Å²) in [4.78, 5) is 0. The maximum Gasteiger partial charge on any atom is 0.0860 e. The summed E-state index contributed by atoms with van der Waals surface area (Å²) in [6.45, 7) is 4.78. The first-order chi connectivity index (χ1) is 9.02. The number of rotatable bonds is 4. The molecule has 0 aliphatic carbocycles. The maximum absolute atomic E-state index is 10.4. The van der Waals surface area contributed by atoms with Crippen LogP contribution in [0.4, 0.5) is 0 Å². The molecule has 1 atom stereocenters. The van der Waals surface area contributed by atoms with Gasteiger partial charge < -0.3 is 5.11 Å². The van der Waals surface area contributed by atoms with E-state index in [9.17, 15) is 5.11 Å². The van der Waals surface area contributed by atoms with Gasteiger partial charge in [0.05, 0.1) is 16.8 Å². The van der Waals surface area contributed by atoms with Crippen LogP contribution >= 0.6 is 27.5 Å². The van der Waals surface area contributed by atoms with Gasteiger partial charge in [0.2, 0.25) is 0 Å². The average Bonchev–Trinajstić information content (AvgIpc) is 2.72. The molecule has 0 amide bonds. The fraction of sp³-hybridized carbons (Fsp3) is 0.357. The Balaban J connectivity index is 2.25. The van der Waals surface area contributed by atoms with Crippen molar-refractivity contribution in [1.29, 1.82) is 0 Å². The topological polar surface area (TPSA) is 38.0 Å². The van der Waals surface area contributed by atoms with Crippen molar-refractivity contribution in [3.63, 3.8) is 0 Å². The third kappa shape index (κ3) is 3.19. The van der Waals surface area contributed by atoms with Crippen LogP contribution < -0.4 is 0 Å². The van der Waals surface area contributed by atoms with Crippen LogP contribution in [0.2, 0.25) is 5.02 Å². The number of aliphatic hydroxyl groups is 1. The molecule has 0 aliphatic heterocycles. The Labute approximate surface area is 126 Å². The number of benzene rings is 1. The van der Waals surface area contributed by atoms with Gasteiger partial charge in [-0.3, -0.25) is 4.68 Å². The molecule has 1 aromatic carbocycles. The van der Waals surface area contributed by atoms with Crippen molar-refractivity contribution in [1.82, 2.24) is 9.78 Å². The normalized spacial score (nSPS) is 12.7. The molecule has 102 valence electrons. The summed E-state index contributed by atoms with van der Waals surface area (Å²) < 4.78 is 2.70. The van der Waals surface area contributed by atoms with Crippen molar-refractivity contribution in [3.8, 4) is 0 Å². The van der Waals surface area contributed by atoms with Gasteiger partial charge in [-0.2, -0.15) is 5.10 Å². The highest BCUT2D eigenvalue weighted by molar-refractivity contribution is 9.10. The van der Waals surface area contributed by atoms with Gasteiger partial charge in [0.1, 0.15) is 0 Å². The Morgan fingerprint density at radius 2 is 2.21 bits per heavy atom. The average molecular weight is 344 g/mol. The molecule has 19 heavy (non-hydrogen) atoms. The molecule has 0 spiro atoms. The summed E-state index contributed by atoms with van der Waals surface area (Å²) in [5.41, 5.74) is 2.71. The standard InChI is InChI=1S/C14H16BrClN2O/c1-3-18-10(7-9(2)17-18)8-13(19)11-5-4-6-12(15)14(11)16/h4-7,13,19H,3,8H2,1-2H3. The fourth-order valence-electron chi connectivity index (χ4n) is 2.12. The van der Waals surface area contributed by atoms with Crippen LogP contribution in [0.5, 0.6) is 0 Å². The monoisotopic (exact) mass is 342 g/mol. The largest absolute Gasteiger partial charge is 0.388 e. The van der Waals surface area contributed by atoms with Crippen LogP contribution in [-0.4, -0.2) is 14.9 Å². The summed E-state index contributed by atoms with van der Waals surface area (Å²) in [6, 6.07) is 7.58. The lowest BCUT2D eigenvalue weighted by Gasteiger charge is -2.14. The Bertz CT molecular complexity index is 583. The third-order valence-electron chi connectivity index (χ3n) is 3.03. The summed E-state index contributed by atoms with van der Waals surface area (Å²) in [7, 11) is 0. The van der Waals surface area contributed by atoms with Gasteiger partial charge in [-0.15, -0.1) is 0 Å². The minimum atomic E-state index is -0.633. The molecular weight excluding hydrogens is 328 g/mol. The van der Waals surface area contributed by atoms with E-state index in [-0.39, 0.29) is 0 Å². The van der Waals surface area contributed by atoms with Crippen molar-refractivity contribution in [2.75, 3.05) is 0 Å². The van der Waals surface area contributed by atoms with E-state index in [0.29, 0.717) is 11.4 Å². The molecule has 0 bridgehead atoms. The SMILES string of the molecule is CCn1nc(C)cc1CC(O)c1cccc(Br)c1Cl. The molecule has 1 N–H and O–H groups in total. The summed E-state index contributed by atoms with van der Waals surface area (Å²) >= 11 is 9.58. The van der Waals surface area contributed by atoms with Crippen LogP contribution in [0, 0.1) is 6.92 Å². The molecule has 0 aliphatic rings. The van der Waals surface area contributed by atoms with Crippen LogP contribution in [0.1, 0.15) is 30.0 Å². The van der Waals surface area contributed by atoms with E-state index in [1.165, 1.54) is 0 Å². The van der Waals surface area contributed by atoms with Crippen LogP contribution in [0.3, 0.4) is 0 Å². The fourth-order valence-corrected chi connectivity index (χ4v) is 2.76. The van der Waals surface area contributed by atoms with Gasteiger partial charge in [-0.1, -0.05) is 23.7 Å². The van der Waals surface area contributed by atoms with Crippen LogP contribution in [0.25, 0.3) is 0 Å². The van der Waals surface area contributed by atoms with E-state index in [1.807, 2.05) is 42.8 Å². The van der Waals surface area contributed by atoms with E-state index >= 15 is 0 Å². The second-order valence-electron chi connectivity index (χ2n) is 4.46. The smallest absolute Gasteiger partial charge is 0.0860 e. The number of hydrogen-bond acceptors (Lipinski definition) is 2. The predicted molar refractivity (Wildman–Crippen MR) is 80.5 cm³/mol. The number of halogens is 2. The van der Waals surface area contributed by atoms with Gasteiger partial charge in [0.25, 0.3) is 0 Å². The number of aromatic nitrogens is 2. The molecule has 0 saturated heterocycles. The van der Waals surface area contributed by atoms with Gasteiger partial charge in [-0.05, 0) is 41.9 Å². The minimum Gasteiger partial charge on any atom is -0.388 e. The molecule has 1 heterocycles. The van der Waals surface area contributed by atoms with E-state index in [1.54, 1.807) is 0 Å². The molecule has 2 aromatic rings. The van der Waals surface area contributed by atoms with Crippen molar-refractivity contribution in [2.24, 2.45) is 0 Å². The van der Waals surface area contributed by atoms with Crippen LogP contribution in [0.15, 0.2) is 28.7 Å². The van der Waals surface area contributed by atoms with Gasteiger partial charge >= 0.3 is 0 Å². The zero-order chi connectivity index (χ0) is 14.0. The zero-order valence-corrected chi connectivity index (χ0v) is 13.2. The lowest BCUT2D eigenvalue weighted by atomic mass is 10.0. The quantitative estimate of drug-likeness (QED) is 0.914. The Morgan fingerprint density at radius 3 is 2.89 bits per heavy atom. The highest BCUT2D eigenvalue weighted by atomic mass is 79.9. The lowest BCUT2D eigenvalue weighted by molar-refractivity contribution is 0.175. The van der Waals surface area contributed by atoms with E-state index in [4.69, 9.17) is 11.6 Å². The second-order valence-corrected chi connectivity index (χ2v) is 5.69. The summed E-state index contributed by atoms with van der Waals surface area (Å²) in [5.74, 6) is 0. The summed E-state index contributed by atoms with van der Waals surface area (Å²) in [6.07, 6.45) is -0.128. The molecule has 0 fully saturated rings. The van der Waals surface area contributed by atoms with Crippen molar-refractivity contribution in [2.45, 2.75) is 32.9 Å². The number of aliphatic hydroxyl groups excluding tert-OH is 1. The van der Waals surface area contributed by atoms with Crippen molar-refractivity contribution in [3.05, 3.63) is 50.7 Å². The first-order valence-corrected chi connectivity index (χ1v) is 7.35. The Hall–Kier alpha value is -0.840. The number of aryl methyl sites for hydroxylation is 2. The van der Waals surface area contributed by atoms with Crippen molar-refractivity contribution >= 4 is 27.5 Å². The summed E-state index contributed by atoms with van der Waals surface area (Å²) in [5, 5.41) is 15.3. The molecular formula is C14H16BrClN2O. The lowest BCUT2D eigenvalue weighted by Crippen LogP contribution is -2.09.